The maximum atomic E-state index is 6.49. The van der Waals surface area contributed by atoms with Crippen molar-refractivity contribution in [2.45, 2.75) is 58.4 Å². The second kappa shape index (κ2) is 6.01. The minimum atomic E-state index is 0.294. The Bertz CT molecular complexity index is 336. The molecule has 0 spiro atoms. The lowest BCUT2D eigenvalue weighted by Gasteiger charge is -2.31. The zero-order chi connectivity index (χ0) is 12.3. The van der Waals surface area contributed by atoms with Crippen LogP contribution in [0.25, 0.3) is 0 Å². The predicted octanol–water partition coefficient (Wildman–Crippen LogP) is 4.53. The van der Waals surface area contributed by atoms with Gasteiger partial charge in [0.2, 0.25) is 0 Å². The molecule has 1 aromatic rings. The summed E-state index contributed by atoms with van der Waals surface area (Å²) in [5.41, 5.74) is 7.96. The number of aryl methyl sites for hydroxylation is 1. The van der Waals surface area contributed by atoms with E-state index in [0.29, 0.717) is 6.04 Å². The summed E-state index contributed by atoms with van der Waals surface area (Å²) in [6, 6.07) is 2.54. The molecule has 2 rings (SSSR count). The number of thiophene rings is 1. The van der Waals surface area contributed by atoms with Crippen molar-refractivity contribution in [2.75, 3.05) is 0 Å². The molecular weight excluding hydrogens is 226 g/mol. The third kappa shape index (κ3) is 2.92. The summed E-state index contributed by atoms with van der Waals surface area (Å²) in [5, 5.41) is 2.20. The molecule has 1 saturated carbocycles. The molecule has 1 unspecified atom stereocenters. The van der Waals surface area contributed by atoms with Crippen LogP contribution in [0.3, 0.4) is 0 Å². The zero-order valence-corrected chi connectivity index (χ0v) is 11.9. The van der Waals surface area contributed by atoms with Gasteiger partial charge in [-0.15, -0.1) is 11.3 Å². The van der Waals surface area contributed by atoms with Crippen molar-refractivity contribution in [1.29, 1.82) is 0 Å². The molecule has 1 aromatic heterocycles. The maximum absolute atomic E-state index is 6.49. The first-order valence-corrected chi connectivity index (χ1v) is 7.96. The molecule has 0 aromatic carbocycles. The van der Waals surface area contributed by atoms with E-state index in [1.807, 2.05) is 11.3 Å². The van der Waals surface area contributed by atoms with Crippen LogP contribution in [0, 0.1) is 11.8 Å². The van der Waals surface area contributed by atoms with Crippen molar-refractivity contribution in [3.63, 3.8) is 0 Å². The molecule has 0 bridgehead atoms. The first-order chi connectivity index (χ1) is 8.26. The van der Waals surface area contributed by atoms with Gasteiger partial charge in [-0.1, -0.05) is 33.1 Å². The second-order valence-electron chi connectivity index (χ2n) is 5.38. The van der Waals surface area contributed by atoms with E-state index in [0.717, 1.165) is 18.3 Å². The SMILES string of the molecule is CCc1ccsc1C(N)C1CCC(CC)CC1. The van der Waals surface area contributed by atoms with E-state index < -0.39 is 0 Å². The van der Waals surface area contributed by atoms with Crippen LogP contribution >= 0.6 is 11.3 Å². The van der Waals surface area contributed by atoms with Crippen molar-refractivity contribution in [1.82, 2.24) is 0 Å². The molecular formula is C15H25NS. The van der Waals surface area contributed by atoms with Crippen molar-refractivity contribution in [3.8, 4) is 0 Å². The summed E-state index contributed by atoms with van der Waals surface area (Å²) < 4.78 is 0. The Kier molecular flexibility index (Phi) is 4.63. The summed E-state index contributed by atoms with van der Waals surface area (Å²) in [4.78, 5) is 1.45. The van der Waals surface area contributed by atoms with Gasteiger partial charge in [0.05, 0.1) is 0 Å². The van der Waals surface area contributed by atoms with E-state index in [9.17, 15) is 0 Å². The van der Waals surface area contributed by atoms with Gasteiger partial charge in [0.1, 0.15) is 0 Å². The lowest BCUT2D eigenvalue weighted by molar-refractivity contribution is 0.241. The summed E-state index contributed by atoms with van der Waals surface area (Å²) in [6.07, 6.45) is 7.92. The molecule has 2 heteroatoms. The molecule has 1 aliphatic carbocycles. The Hall–Kier alpha value is -0.340. The van der Waals surface area contributed by atoms with Crippen molar-refractivity contribution in [3.05, 3.63) is 21.9 Å². The number of hydrogen-bond donors (Lipinski definition) is 1. The van der Waals surface area contributed by atoms with Crippen LogP contribution in [-0.4, -0.2) is 0 Å². The van der Waals surface area contributed by atoms with Crippen LogP contribution in [0.4, 0.5) is 0 Å². The van der Waals surface area contributed by atoms with Gasteiger partial charge in [0.15, 0.2) is 0 Å². The van der Waals surface area contributed by atoms with Gasteiger partial charge in [0.25, 0.3) is 0 Å². The predicted molar refractivity (Wildman–Crippen MR) is 76.4 cm³/mol. The van der Waals surface area contributed by atoms with Crippen LogP contribution in [0.5, 0.6) is 0 Å². The molecule has 2 N–H and O–H groups in total. The lowest BCUT2D eigenvalue weighted by Crippen LogP contribution is -2.26. The van der Waals surface area contributed by atoms with Gasteiger partial charge >= 0.3 is 0 Å². The average Bonchev–Trinajstić information content (AvgIpc) is 2.86. The van der Waals surface area contributed by atoms with Gasteiger partial charge in [-0.3, -0.25) is 0 Å². The summed E-state index contributed by atoms with van der Waals surface area (Å²) in [5.74, 6) is 1.69. The summed E-state index contributed by atoms with van der Waals surface area (Å²) in [7, 11) is 0. The van der Waals surface area contributed by atoms with Crippen LogP contribution < -0.4 is 5.73 Å². The highest BCUT2D eigenvalue weighted by Gasteiger charge is 2.27. The minimum Gasteiger partial charge on any atom is -0.323 e. The van der Waals surface area contributed by atoms with Crippen LogP contribution in [0.15, 0.2) is 11.4 Å². The maximum Gasteiger partial charge on any atom is 0.0421 e. The van der Waals surface area contributed by atoms with Crippen LogP contribution in [0.1, 0.15) is 62.4 Å². The fraction of sp³-hybridized carbons (Fsp3) is 0.733. The van der Waals surface area contributed by atoms with E-state index in [1.54, 1.807) is 0 Å². The first kappa shape index (κ1) is 13.1. The van der Waals surface area contributed by atoms with E-state index in [2.05, 4.69) is 25.3 Å². The molecule has 1 nitrogen and oxygen atoms in total. The molecule has 96 valence electrons. The van der Waals surface area contributed by atoms with Crippen LogP contribution in [0.2, 0.25) is 0 Å². The number of hydrogen-bond acceptors (Lipinski definition) is 2. The Morgan fingerprint density at radius 3 is 2.59 bits per heavy atom. The summed E-state index contributed by atoms with van der Waals surface area (Å²) >= 11 is 1.86. The quantitative estimate of drug-likeness (QED) is 0.836. The molecule has 17 heavy (non-hydrogen) atoms. The fourth-order valence-corrected chi connectivity index (χ4v) is 4.19. The highest BCUT2D eigenvalue weighted by Crippen LogP contribution is 2.39. The van der Waals surface area contributed by atoms with Crippen molar-refractivity contribution in [2.24, 2.45) is 17.6 Å². The van der Waals surface area contributed by atoms with E-state index >= 15 is 0 Å². The van der Waals surface area contributed by atoms with Gasteiger partial charge in [-0.25, -0.2) is 0 Å². The van der Waals surface area contributed by atoms with E-state index in [1.165, 1.54) is 42.5 Å². The zero-order valence-electron chi connectivity index (χ0n) is 11.1. The highest BCUT2D eigenvalue weighted by atomic mass is 32.1. The topological polar surface area (TPSA) is 26.0 Å². The molecule has 1 heterocycles. The van der Waals surface area contributed by atoms with E-state index in [-0.39, 0.29) is 0 Å². The monoisotopic (exact) mass is 251 g/mol. The second-order valence-corrected chi connectivity index (χ2v) is 6.33. The molecule has 1 aliphatic rings. The van der Waals surface area contributed by atoms with Gasteiger partial charge < -0.3 is 5.73 Å². The standard InChI is InChI=1S/C15H25NS/c1-3-11-5-7-13(8-6-11)14(16)15-12(4-2)9-10-17-15/h9-11,13-14H,3-8,16H2,1-2H3. The van der Waals surface area contributed by atoms with Gasteiger partial charge in [0, 0.05) is 10.9 Å². The first-order valence-electron chi connectivity index (χ1n) is 7.08. The van der Waals surface area contributed by atoms with Crippen molar-refractivity contribution >= 4 is 11.3 Å². The Morgan fingerprint density at radius 2 is 2.00 bits per heavy atom. The normalized spacial score (nSPS) is 27.0. The smallest absolute Gasteiger partial charge is 0.0421 e. The molecule has 0 aliphatic heterocycles. The Morgan fingerprint density at radius 1 is 1.29 bits per heavy atom. The number of nitrogens with two attached hydrogens (primary N) is 1. The Labute approximate surface area is 109 Å². The largest absolute Gasteiger partial charge is 0.323 e. The Balaban J connectivity index is 1.99. The van der Waals surface area contributed by atoms with Crippen LogP contribution in [-0.2, 0) is 6.42 Å². The van der Waals surface area contributed by atoms with Gasteiger partial charge in [-0.05, 0) is 48.1 Å². The molecule has 1 fully saturated rings. The molecule has 0 saturated heterocycles. The highest BCUT2D eigenvalue weighted by molar-refractivity contribution is 7.10. The third-order valence-electron chi connectivity index (χ3n) is 4.44. The average molecular weight is 251 g/mol. The van der Waals surface area contributed by atoms with Crippen molar-refractivity contribution < 1.29 is 0 Å². The summed E-state index contributed by atoms with van der Waals surface area (Å²) in [6.45, 7) is 4.55. The third-order valence-corrected chi connectivity index (χ3v) is 5.50. The minimum absolute atomic E-state index is 0.294. The number of rotatable bonds is 4. The molecule has 0 amide bonds. The van der Waals surface area contributed by atoms with E-state index in [4.69, 9.17) is 5.73 Å². The van der Waals surface area contributed by atoms with Gasteiger partial charge in [-0.2, -0.15) is 0 Å². The molecule has 1 atom stereocenters. The lowest BCUT2D eigenvalue weighted by atomic mass is 9.77. The molecule has 0 radical (unpaired) electrons. The fourth-order valence-electron chi connectivity index (χ4n) is 3.10.